The van der Waals surface area contributed by atoms with Gasteiger partial charge in [0.15, 0.2) is 6.61 Å². The number of nitrogens with zero attached hydrogens (tertiary/aromatic N) is 1. The summed E-state index contributed by atoms with van der Waals surface area (Å²) in [4.78, 5) is 38.3. The third kappa shape index (κ3) is 4.51. The maximum Gasteiger partial charge on any atom is 0.311 e. The van der Waals surface area contributed by atoms with Gasteiger partial charge in [-0.15, -0.1) is 0 Å². The molecule has 0 aromatic heterocycles. The maximum absolute atomic E-state index is 12.4. The summed E-state index contributed by atoms with van der Waals surface area (Å²) < 4.78 is 5.11. The molecule has 1 aliphatic heterocycles. The summed E-state index contributed by atoms with van der Waals surface area (Å²) in [7, 11) is 0. The second-order valence-corrected chi connectivity index (χ2v) is 7.22. The number of halogens is 1. The highest BCUT2D eigenvalue weighted by atomic mass is 35.5. The molecule has 2 aromatic carbocycles. The Morgan fingerprint density at radius 1 is 1.18 bits per heavy atom. The summed E-state index contributed by atoms with van der Waals surface area (Å²) in [6.45, 7) is 3.77. The molecule has 2 aromatic rings. The topological polar surface area (TPSA) is 75.7 Å². The van der Waals surface area contributed by atoms with Crippen molar-refractivity contribution >= 4 is 40.8 Å². The van der Waals surface area contributed by atoms with Crippen molar-refractivity contribution < 1.29 is 19.1 Å². The molecule has 0 bridgehead atoms. The molecular formula is C21H21ClN2O4. The molecule has 146 valence electrons. The molecule has 0 saturated carbocycles. The number of rotatable bonds is 5. The fourth-order valence-corrected chi connectivity index (χ4v) is 3.24. The van der Waals surface area contributed by atoms with Gasteiger partial charge in [-0.2, -0.15) is 0 Å². The fourth-order valence-electron chi connectivity index (χ4n) is 3.11. The van der Waals surface area contributed by atoms with Crippen molar-refractivity contribution in [2.24, 2.45) is 5.92 Å². The highest BCUT2D eigenvalue weighted by Crippen LogP contribution is 2.29. The van der Waals surface area contributed by atoms with Crippen molar-refractivity contribution in [3.63, 3.8) is 0 Å². The second kappa shape index (κ2) is 8.44. The first-order chi connectivity index (χ1) is 13.3. The van der Waals surface area contributed by atoms with E-state index < -0.39 is 24.4 Å². The van der Waals surface area contributed by atoms with E-state index in [4.69, 9.17) is 16.3 Å². The predicted molar refractivity (Wildman–Crippen MR) is 107 cm³/mol. The zero-order valence-corrected chi connectivity index (χ0v) is 16.5. The van der Waals surface area contributed by atoms with E-state index in [2.05, 4.69) is 5.32 Å². The average molecular weight is 401 g/mol. The van der Waals surface area contributed by atoms with Crippen molar-refractivity contribution in [2.45, 2.75) is 20.3 Å². The second-order valence-electron chi connectivity index (χ2n) is 6.79. The van der Waals surface area contributed by atoms with Crippen LogP contribution in [0.5, 0.6) is 0 Å². The number of esters is 1. The number of hydrogen-bond donors (Lipinski definition) is 1. The number of nitrogens with one attached hydrogen (secondary N) is 1. The van der Waals surface area contributed by atoms with E-state index in [1.54, 1.807) is 29.2 Å². The SMILES string of the molecule is Cc1cccc(N2C[C@@H](C(=O)OCC(=O)Nc3ccc(Cl)cc3)CC2=O)c1C. The molecule has 7 heteroatoms. The van der Waals surface area contributed by atoms with Crippen LogP contribution >= 0.6 is 11.6 Å². The van der Waals surface area contributed by atoms with Gasteiger partial charge in [-0.1, -0.05) is 23.7 Å². The van der Waals surface area contributed by atoms with Crippen molar-refractivity contribution in [3.8, 4) is 0 Å². The molecule has 2 amide bonds. The molecule has 0 spiro atoms. The number of carbonyl (C=O) groups is 3. The summed E-state index contributed by atoms with van der Waals surface area (Å²) in [5, 5.41) is 3.18. The van der Waals surface area contributed by atoms with Crippen molar-refractivity contribution in [3.05, 3.63) is 58.6 Å². The summed E-state index contributed by atoms with van der Waals surface area (Å²) in [6, 6.07) is 12.3. The van der Waals surface area contributed by atoms with Crippen LogP contribution in [-0.2, 0) is 19.1 Å². The van der Waals surface area contributed by atoms with Crippen LogP contribution in [0.25, 0.3) is 0 Å². The number of benzene rings is 2. The molecule has 0 radical (unpaired) electrons. The largest absolute Gasteiger partial charge is 0.455 e. The molecule has 1 fully saturated rings. The highest BCUT2D eigenvalue weighted by molar-refractivity contribution is 6.30. The first kappa shape index (κ1) is 19.9. The van der Waals surface area contributed by atoms with Crippen molar-refractivity contribution in [1.29, 1.82) is 0 Å². The van der Waals surface area contributed by atoms with Crippen LogP contribution in [-0.4, -0.2) is 30.9 Å². The zero-order chi connectivity index (χ0) is 20.3. The molecule has 1 N–H and O–H groups in total. The molecule has 1 heterocycles. The maximum atomic E-state index is 12.4. The smallest absolute Gasteiger partial charge is 0.311 e. The molecule has 0 aliphatic carbocycles. The van der Waals surface area contributed by atoms with E-state index in [1.165, 1.54) is 0 Å². The monoisotopic (exact) mass is 400 g/mol. The van der Waals surface area contributed by atoms with Gasteiger partial charge in [0.25, 0.3) is 5.91 Å². The van der Waals surface area contributed by atoms with Crippen molar-refractivity contribution in [1.82, 2.24) is 0 Å². The average Bonchev–Trinajstić information content (AvgIpc) is 3.05. The van der Waals surface area contributed by atoms with Crippen LogP contribution in [0, 0.1) is 19.8 Å². The van der Waals surface area contributed by atoms with Crippen LogP contribution in [0.2, 0.25) is 5.02 Å². The molecule has 1 atom stereocenters. The molecule has 28 heavy (non-hydrogen) atoms. The number of anilines is 2. The molecule has 1 saturated heterocycles. The van der Waals surface area contributed by atoms with Gasteiger partial charge in [0.2, 0.25) is 5.91 Å². The first-order valence-corrected chi connectivity index (χ1v) is 9.31. The Balaban J connectivity index is 1.55. The third-order valence-corrected chi connectivity index (χ3v) is 5.05. The van der Waals surface area contributed by atoms with Gasteiger partial charge in [0, 0.05) is 29.4 Å². The fraction of sp³-hybridized carbons (Fsp3) is 0.286. The van der Waals surface area contributed by atoms with Crippen LogP contribution in [0.4, 0.5) is 11.4 Å². The Hall–Kier alpha value is -2.86. The number of aryl methyl sites for hydroxylation is 1. The lowest BCUT2D eigenvalue weighted by Crippen LogP contribution is -2.28. The molecule has 0 unspecified atom stereocenters. The third-order valence-electron chi connectivity index (χ3n) is 4.80. The van der Waals surface area contributed by atoms with Gasteiger partial charge < -0.3 is 15.0 Å². The first-order valence-electron chi connectivity index (χ1n) is 8.94. The van der Waals surface area contributed by atoms with Crippen LogP contribution in [0.15, 0.2) is 42.5 Å². The standard InChI is InChI=1S/C21H21ClN2O4/c1-13-4-3-5-18(14(13)2)24-11-15(10-20(24)26)21(27)28-12-19(25)23-17-8-6-16(22)7-9-17/h3-9,15H,10-12H2,1-2H3,(H,23,25)/t15-/m0/s1. The highest BCUT2D eigenvalue weighted by Gasteiger charge is 2.37. The normalized spacial score (nSPS) is 16.2. The minimum absolute atomic E-state index is 0.0744. The number of carbonyl (C=O) groups excluding carboxylic acids is 3. The summed E-state index contributed by atoms with van der Waals surface area (Å²) in [5.41, 5.74) is 3.45. The lowest BCUT2D eigenvalue weighted by atomic mass is 10.1. The number of amides is 2. The summed E-state index contributed by atoms with van der Waals surface area (Å²) in [6.07, 6.45) is 0.0744. The molecular weight excluding hydrogens is 380 g/mol. The molecule has 6 nitrogen and oxygen atoms in total. The van der Waals surface area contributed by atoms with E-state index in [1.807, 2.05) is 32.0 Å². The Kier molecular flexibility index (Phi) is 5.99. The quantitative estimate of drug-likeness (QED) is 0.779. The van der Waals surface area contributed by atoms with Gasteiger partial charge in [0.05, 0.1) is 5.92 Å². The van der Waals surface area contributed by atoms with E-state index in [-0.39, 0.29) is 18.9 Å². The predicted octanol–water partition coefficient (Wildman–Crippen LogP) is 3.49. The minimum Gasteiger partial charge on any atom is -0.455 e. The minimum atomic E-state index is -0.587. The van der Waals surface area contributed by atoms with Crippen LogP contribution in [0.3, 0.4) is 0 Å². The lowest BCUT2D eigenvalue weighted by Gasteiger charge is -2.20. The Labute approximate surface area is 168 Å². The lowest BCUT2D eigenvalue weighted by molar-refractivity contribution is -0.151. The van der Waals surface area contributed by atoms with Crippen molar-refractivity contribution in [2.75, 3.05) is 23.4 Å². The van der Waals surface area contributed by atoms with Crippen LogP contribution in [0.1, 0.15) is 17.5 Å². The van der Waals surface area contributed by atoms with Gasteiger partial charge >= 0.3 is 5.97 Å². The van der Waals surface area contributed by atoms with E-state index >= 15 is 0 Å². The molecule has 3 rings (SSSR count). The van der Waals surface area contributed by atoms with Gasteiger partial charge in [-0.25, -0.2) is 0 Å². The van der Waals surface area contributed by atoms with E-state index in [9.17, 15) is 14.4 Å². The summed E-state index contributed by atoms with van der Waals surface area (Å²) >= 11 is 5.80. The Morgan fingerprint density at radius 2 is 1.89 bits per heavy atom. The van der Waals surface area contributed by atoms with Gasteiger partial charge in [0.1, 0.15) is 0 Å². The van der Waals surface area contributed by atoms with Crippen LogP contribution < -0.4 is 10.2 Å². The van der Waals surface area contributed by atoms with E-state index in [0.29, 0.717) is 10.7 Å². The summed E-state index contributed by atoms with van der Waals surface area (Å²) in [5.74, 6) is -1.71. The number of ether oxygens (including phenoxy) is 1. The Morgan fingerprint density at radius 3 is 2.61 bits per heavy atom. The number of hydrogen-bond acceptors (Lipinski definition) is 4. The van der Waals surface area contributed by atoms with E-state index in [0.717, 1.165) is 16.8 Å². The molecule has 1 aliphatic rings. The van der Waals surface area contributed by atoms with Gasteiger partial charge in [-0.05, 0) is 55.3 Å². The Bertz CT molecular complexity index is 911. The zero-order valence-electron chi connectivity index (χ0n) is 15.7. The van der Waals surface area contributed by atoms with Gasteiger partial charge in [-0.3, -0.25) is 14.4 Å².